The summed E-state index contributed by atoms with van der Waals surface area (Å²) in [5.74, 6) is -0.136. The monoisotopic (exact) mass is 260 g/mol. The first-order chi connectivity index (χ1) is 9.21. The lowest BCUT2D eigenvalue weighted by Crippen LogP contribution is -2.25. The molecule has 1 rings (SSSR count). The second-order valence-corrected chi connectivity index (χ2v) is 4.58. The maximum atomic E-state index is 11.1. The van der Waals surface area contributed by atoms with Gasteiger partial charge >= 0.3 is 0 Å². The first kappa shape index (κ1) is 15.3. The van der Waals surface area contributed by atoms with Crippen molar-refractivity contribution in [1.82, 2.24) is 5.32 Å². The minimum Gasteiger partial charge on any atom is -0.372 e. The molecule has 104 valence electrons. The molecule has 1 aromatic rings. The van der Waals surface area contributed by atoms with Crippen molar-refractivity contribution in [2.75, 3.05) is 18.0 Å². The van der Waals surface area contributed by atoms with Crippen LogP contribution in [-0.2, 0) is 11.3 Å². The zero-order valence-corrected chi connectivity index (χ0v) is 12.0. The van der Waals surface area contributed by atoms with Gasteiger partial charge in [-0.25, -0.2) is 0 Å². The van der Waals surface area contributed by atoms with Crippen LogP contribution in [-0.4, -0.2) is 19.0 Å². The number of carbonyl (C=O) groups excluding carboxylic acids is 1. The van der Waals surface area contributed by atoms with Crippen molar-refractivity contribution in [3.8, 4) is 0 Å². The Morgan fingerprint density at radius 1 is 1.21 bits per heavy atom. The van der Waals surface area contributed by atoms with E-state index in [1.807, 2.05) is 0 Å². The van der Waals surface area contributed by atoms with Crippen LogP contribution in [0.3, 0.4) is 0 Å². The molecular formula is C16H24N2O. The summed E-state index contributed by atoms with van der Waals surface area (Å²) in [4.78, 5) is 13.5. The van der Waals surface area contributed by atoms with Gasteiger partial charge < -0.3 is 10.2 Å². The van der Waals surface area contributed by atoms with E-state index in [-0.39, 0.29) is 5.91 Å². The maximum absolute atomic E-state index is 11.1. The van der Waals surface area contributed by atoms with Crippen LogP contribution in [0.4, 0.5) is 5.69 Å². The van der Waals surface area contributed by atoms with Gasteiger partial charge in [-0.3, -0.25) is 4.79 Å². The van der Waals surface area contributed by atoms with Crippen LogP contribution in [0.1, 0.15) is 32.3 Å². The van der Waals surface area contributed by atoms with E-state index in [1.165, 1.54) is 11.8 Å². The highest BCUT2D eigenvalue weighted by molar-refractivity contribution is 5.86. The number of nitrogens with one attached hydrogen (secondary N) is 1. The van der Waals surface area contributed by atoms with Crippen LogP contribution in [0, 0.1) is 0 Å². The summed E-state index contributed by atoms with van der Waals surface area (Å²) in [6.45, 7) is 10.5. The fourth-order valence-electron chi connectivity index (χ4n) is 2.00. The molecular weight excluding hydrogens is 236 g/mol. The quantitative estimate of drug-likeness (QED) is 0.728. The van der Waals surface area contributed by atoms with E-state index in [9.17, 15) is 4.79 Å². The fourth-order valence-corrected chi connectivity index (χ4v) is 2.00. The van der Waals surface area contributed by atoms with Gasteiger partial charge in [0.1, 0.15) is 0 Å². The molecule has 0 fully saturated rings. The summed E-state index contributed by atoms with van der Waals surface area (Å²) in [7, 11) is 0. The van der Waals surface area contributed by atoms with Gasteiger partial charge in [0.25, 0.3) is 0 Å². The molecule has 0 aliphatic heterocycles. The Kier molecular flexibility index (Phi) is 6.72. The number of rotatable bonds is 8. The summed E-state index contributed by atoms with van der Waals surface area (Å²) in [5.41, 5.74) is 2.36. The van der Waals surface area contributed by atoms with E-state index >= 15 is 0 Å². The van der Waals surface area contributed by atoms with Crippen molar-refractivity contribution in [2.24, 2.45) is 0 Å². The van der Waals surface area contributed by atoms with Crippen LogP contribution >= 0.6 is 0 Å². The normalized spacial score (nSPS) is 10.0. The molecule has 0 aliphatic carbocycles. The molecule has 0 saturated heterocycles. The lowest BCUT2D eigenvalue weighted by molar-refractivity contribution is -0.116. The molecule has 0 aliphatic rings. The summed E-state index contributed by atoms with van der Waals surface area (Å²) in [5, 5.41) is 2.78. The van der Waals surface area contributed by atoms with Crippen LogP contribution in [0.2, 0.25) is 0 Å². The standard InChI is InChI=1S/C16H24N2O/c1-4-11-18(12-5-2)15-9-7-14(8-10-15)13-17-16(19)6-3/h6-10H,3-5,11-13H2,1-2H3,(H,17,19). The van der Waals surface area contributed by atoms with Gasteiger partial charge in [0.2, 0.25) is 5.91 Å². The molecule has 19 heavy (non-hydrogen) atoms. The smallest absolute Gasteiger partial charge is 0.243 e. The van der Waals surface area contributed by atoms with Gasteiger partial charge in [-0.05, 0) is 36.6 Å². The Morgan fingerprint density at radius 3 is 2.26 bits per heavy atom. The summed E-state index contributed by atoms with van der Waals surface area (Å²) in [6.07, 6.45) is 3.59. The molecule has 0 aromatic heterocycles. The molecule has 1 N–H and O–H groups in total. The van der Waals surface area contributed by atoms with Crippen molar-refractivity contribution < 1.29 is 4.79 Å². The van der Waals surface area contributed by atoms with Crippen molar-refractivity contribution >= 4 is 11.6 Å². The molecule has 0 radical (unpaired) electrons. The largest absolute Gasteiger partial charge is 0.372 e. The zero-order chi connectivity index (χ0) is 14.1. The van der Waals surface area contributed by atoms with Crippen LogP contribution in [0.15, 0.2) is 36.9 Å². The number of carbonyl (C=O) groups is 1. The average molecular weight is 260 g/mol. The van der Waals surface area contributed by atoms with Crippen LogP contribution < -0.4 is 10.2 Å². The predicted octanol–water partition coefficient (Wildman–Crippen LogP) is 3.12. The predicted molar refractivity (Wildman–Crippen MR) is 81.3 cm³/mol. The highest BCUT2D eigenvalue weighted by atomic mass is 16.1. The maximum Gasteiger partial charge on any atom is 0.243 e. The summed E-state index contributed by atoms with van der Waals surface area (Å²) in [6, 6.07) is 8.38. The molecule has 0 unspecified atom stereocenters. The van der Waals surface area contributed by atoms with Crippen LogP contribution in [0.25, 0.3) is 0 Å². The molecule has 1 amide bonds. The fraction of sp³-hybridized carbons (Fsp3) is 0.438. The summed E-state index contributed by atoms with van der Waals surface area (Å²) < 4.78 is 0. The highest BCUT2D eigenvalue weighted by Crippen LogP contribution is 2.16. The molecule has 0 saturated carbocycles. The number of hydrogen-bond donors (Lipinski definition) is 1. The van der Waals surface area contributed by atoms with Crippen molar-refractivity contribution in [1.29, 1.82) is 0 Å². The van der Waals surface area contributed by atoms with Gasteiger partial charge in [-0.15, -0.1) is 0 Å². The molecule has 3 nitrogen and oxygen atoms in total. The van der Waals surface area contributed by atoms with Gasteiger partial charge in [0, 0.05) is 25.3 Å². The topological polar surface area (TPSA) is 32.3 Å². The third-order valence-corrected chi connectivity index (χ3v) is 2.94. The molecule has 0 bridgehead atoms. The number of nitrogens with zero attached hydrogens (tertiary/aromatic N) is 1. The van der Waals surface area contributed by atoms with Crippen molar-refractivity contribution in [3.63, 3.8) is 0 Å². The minimum absolute atomic E-state index is 0.136. The van der Waals surface area contributed by atoms with E-state index in [1.54, 1.807) is 0 Å². The third-order valence-electron chi connectivity index (χ3n) is 2.94. The number of anilines is 1. The van der Waals surface area contributed by atoms with Crippen LogP contribution in [0.5, 0.6) is 0 Å². The average Bonchev–Trinajstić information content (AvgIpc) is 2.45. The SMILES string of the molecule is C=CC(=O)NCc1ccc(N(CCC)CCC)cc1. The Balaban J connectivity index is 2.63. The Labute approximate surface area is 116 Å². The Hall–Kier alpha value is -1.77. The second kappa shape index (κ2) is 8.35. The van der Waals surface area contributed by atoms with Crippen molar-refractivity contribution in [3.05, 3.63) is 42.5 Å². The minimum atomic E-state index is -0.136. The van der Waals surface area contributed by atoms with Gasteiger partial charge in [0.15, 0.2) is 0 Å². The van der Waals surface area contributed by atoms with Gasteiger partial charge in [0.05, 0.1) is 0 Å². The Morgan fingerprint density at radius 2 is 1.79 bits per heavy atom. The Bertz CT molecular complexity index is 392. The molecule has 1 aromatic carbocycles. The first-order valence-electron chi connectivity index (χ1n) is 6.95. The zero-order valence-electron chi connectivity index (χ0n) is 12.0. The lowest BCUT2D eigenvalue weighted by Gasteiger charge is -2.24. The molecule has 0 atom stereocenters. The molecule has 0 spiro atoms. The molecule has 3 heteroatoms. The number of amides is 1. The first-order valence-corrected chi connectivity index (χ1v) is 6.95. The van der Waals surface area contributed by atoms with Gasteiger partial charge in [-0.1, -0.05) is 32.6 Å². The highest BCUT2D eigenvalue weighted by Gasteiger charge is 2.04. The van der Waals surface area contributed by atoms with E-state index in [0.717, 1.165) is 31.5 Å². The van der Waals surface area contributed by atoms with Gasteiger partial charge in [-0.2, -0.15) is 0 Å². The van der Waals surface area contributed by atoms with E-state index in [0.29, 0.717) is 6.54 Å². The summed E-state index contributed by atoms with van der Waals surface area (Å²) >= 11 is 0. The number of hydrogen-bond acceptors (Lipinski definition) is 2. The number of benzene rings is 1. The van der Waals surface area contributed by atoms with E-state index in [2.05, 4.69) is 54.9 Å². The lowest BCUT2D eigenvalue weighted by atomic mass is 10.2. The molecule has 0 heterocycles. The van der Waals surface area contributed by atoms with E-state index < -0.39 is 0 Å². The van der Waals surface area contributed by atoms with Crippen molar-refractivity contribution in [2.45, 2.75) is 33.2 Å². The van der Waals surface area contributed by atoms with E-state index in [4.69, 9.17) is 0 Å². The second-order valence-electron chi connectivity index (χ2n) is 4.58. The third kappa shape index (κ3) is 5.16.